The summed E-state index contributed by atoms with van der Waals surface area (Å²) in [5, 5.41) is 4.01. The molecule has 1 fully saturated rings. The average molecular weight is 317 g/mol. The molecule has 1 aromatic rings. The van der Waals surface area contributed by atoms with Gasteiger partial charge in [0.25, 0.3) is 0 Å². The smallest absolute Gasteiger partial charge is 0.317 e. The van der Waals surface area contributed by atoms with Crippen LogP contribution >= 0.6 is 23.2 Å². The first-order valence-electron chi connectivity index (χ1n) is 6.48. The molecule has 1 aliphatic heterocycles. The molecule has 1 N–H and O–H groups in total. The van der Waals surface area contributed by atoms with Crippen molar-refractivity contribution in [2.75, 3.05) is 19.7 Å². The Morgan fingerprint density at radius 2 is 2.20 bits per heavy atom. The van der Waals surface area contributed by atoms with Crippen LogP contribution < -0.4 is 5.32 Å². The summed E-state index contributed by atoms with van der Waals surface area (Å²) in [6, 6.07) is 5.14. The Kier molecular flexibility index (Phi) is 4.78. The second kappa shape index (κ2) is 6.20. The van der Waals surface area contributed by atoms with Gasteiger partial charge in [0.2, 0.25) is 0 Å². The zero-order valence-corrected chi connectivity index (χ0v) is 13.1. The Morgan fingerprint density at radius 3 is 2.85 bits per heavy atom. The summed E-state index contributed by atoms with van der Waals surface area (Å²) in [4.78, 5) is 13.9. The fourth-order valence-electron chi connectivity index (χ4n) is 2.14. The molecule has 0 aromatic heterocycles. The van der Waals surface area contributed by atoms with Gasteiger partial charge >= 0.3 is 6.03 Å². The molecule has 0 radical (unpaired) electrons. The monoisotopic (exact) mass is 316 g/mol. The van der Waals surface area contributed by atoms with Crippen LogP contribution in [-0.2, 0) is 11.3 Å². The molecule has 2 rings (SSSR count). The standard InChI is InChI=1S/C14H18Cl2N2O2/c1-14(2)9-18(5-6-20-14)13(19)17-8-10-3-4-11(15)7-12(10)16/h3-4,7H,5-6,8-9H2,1-2H3,(H,17,19). The number of carbonyl (C=O) groups excluding carboxylic acids is 1. The van der Waals surface area contributed by atoms with Crippen LogP contribution in [0.4, 0.5) is 4.79 Å². The van der Waals surface area contributed by atoms with Crippen molar-refractivity contribution < 1.29 is 9.53 Å². The van der Waals surface area contributed by atoms with Crippen molar-refractivity contribution in [3.63, 3.8) is 0 Å². The maximum Gasteiger partial charge on any atom is 0.317 e. The summed E-state index contributed by atoms with van der Waals surface area (Å²) < 4.78 is 5.58. The molecule has 1 heterocycles. The lowest BCUT2D eigenvalue weighted by atomic mass is 10.1. The molecule has 0 spiro atoms. The number of hydrogen-bond donors (Lipinski definition) is 1. The Hall–Kier alpha value is -0.970. The molecule has 0 saturated carbocycles. The molecule has 1 aromatic carbocycles. The van der Waals surface area contributed by atoms with E-state index in [2.05, 4.69) is 5.32 Å². The van der Waals surface area contributed by atoms with E-state index in [0.717, 1.165) is 5.56 Å². The van der Waals surface area contributed by atoms with E-state index >= 15 is 0 Å². The third-order valence-electron chi connectivity index (χ3n) is 3.16. The molecule has 1 aliphatic rings. The molecular weight excluding hydrogens is 299 g/mol. The number of rotatable bonds is 2. The van der Waals surface area contributed by atoms with Crippen molar-refractivity contribution >= 4 is 29.2 Å². The van der Waals surface area contributed by atoms with Crippen LogP contribution in [0.1, 0.15) is 19.4 Å². The summed E-state index contributed by atoms with van der Waals surface area (Å²) in [5.74, 6) is 0. The number of carbonyl (C=O) groups is 1. The minimum atomic E-state index is -0.298. The predicted octanol–water partition coefficient (Wildman–Crippen LogP) is 3.31. The van der Waals surface area contributed by atoms with E-state index < -0.39 is 0 Å². The van der Waals surface area contributed by atoms with E-state index in [4.69, 9.17) is 27.9 Å². The third kappa shape index (κ3) is 4.01. The van der Waals surface area contributed by atoms with Crippen LogP contribution in [0.2, 0.25) is 10.0 Å². The van der Waals surface area contributed by atoms with E-state index in [9.17, 15) is 4.79 Å². The lowest BCUT2D eigenvalue weighted by Crippen LogP contribution is -2.53. The van der Waals surface area contributed by atoms with Crippen molar-refractivity contribution in [2.45, 2.75) is 26.0 Å². The van der Waals surface area contributed by atoms with Gasteiger partial charge in [-0.3, -0.25) is 0 Å². The summed E-state index contributed by atoms with van der Waals surface area (Å²) in [6.45, 7) is 6.07. The number of benzene rings is 1. The van der Waals surface area contributed by atoms with E-state index in [-0.39, 0.29) is 11.6 Å². The van der Waals surface area contributed by atoms with Crippen LogP contribution in [0.25, 0.3) is 0 Å². The Morgan fingerprint density at radius 1 is 1.45 bits per heavy atom. The summed E-state index contributed by atoms with van der Waals surface area (Å²) in [7, 11) is 0. The normalized spacial score (nSPS) is 17.9. The highest BCUT2D eigenvalue weighted by Gasteiger charge is 2.29. The first-order chi connectivity index (χ1) is 9.37. The van der Waals surface area contributed by atoms with Gasteiger partial charge in [-0.05, 0) is 31.5 Å². The molecule has 6 heteroatoms. The number of amides is 2. The van der Waals surface area contributed by atoms with Crippen LogP contribution in [0.3, 0.4) is 0 Å². The fourth-order valence-corrected chi connectivity index (χ4v) is 2.61. The third-order valence-corrected chi connectivity index (χ3v) is 3.74. The number of nitrogens with one attached hydrogen (secondary N) is 1. The molecule has 0 atom stereocenters. The first-order valence-corrected chi connectivity index (χ1v) is 7.24. The Labute approximate surface area is 129 Å². The SMILES string of the molecule is CC1(C)CN(C(=O)NCc2ccc(Cl)cc2Cl)CCO1. The van der Waals surface area contributed by atoms with Crippen molar-refractivity contribution in [3.8, 4) is 0 Å². The quantitative estimate of drug-likeness (QED) is 0.909. The summed E-state index contributed by atoms with van der Waals surface area (Å²) in [5.41, 5.74) is 0.546. The van der Waals surface area contributed by atoms with E-state index in [1.54, 1.807) is 17.0 Å². The minimum Gasteiger partial charge on any atom is -0.372 e. The summed E-state index contributed by atoms with van der Waals surface area (Å²) in [6.07, 6.45) is 0. The van der Waals surface area contributed by atoms with Gasteiger partial charge in [-0.15, -0.1) is 0 Å². The minimum absolute atomic E-state index is 0.104. The van der Waals surface area contributed by atoms with Crippen molar-refractivity contribution in [1.29, 1.82) is 0 Å². The van der Waals surface area contributed by atoms with Crippen LogP contribution in [0.5, 0.6) is 0 Å². The molecule has 0 bridgehead atoms. The maximum absolute atomic E-state index is 12.1. The van der Waals surface area contributed by atoms with Gasteiger partial charge in [-0.2, -0.15) is 0 Å². The van der Waals surface area contributed by atoms with Crippen LogP contribution in [0.15, 0.2) is 18.2 Å². The van der Waals surface area contributed by atoms with E-state index in [1.165, 1.54) is 0 Å². The van der Waals surface area contributed by atoms with Crippen molar-refractivity contribution in [1.82, 2.24) is 10.2 Å². The molecule has 2 amide bonds. The van der Waals surface area contributed by atoms with Gasteiger partial charge in [0, 0.05) is 23.1 Å². The molecule has 0 unspecified atom stereocenters. The van der Waals surface area contributed by atoms with Gasteiger partial charge in [0.05, 0.1) is 18.8 Å². The van der Waals surface area contributed by atoms with Crippen molar-refractivity contribution in [3.05, 3.63) is 33.8 Å². The highest BCUT2D eigenvalue weighted by molar-refractivity contribution is 6.35. The highest BCUT2D eigenvalue weighted by atomic mass is 35.5. The van der Waals surface area contributed by atoms with Crippen molar-refractivity contribution in [2.24, 2.45) is 0 Å². The molecular formula is C14H18Cl2N2O2. The number of halogens is 2. The van der Waals surface area contributed by atoms with Crippen LogP contribution in [0, 0.1) is 0 Å². The second-order valence-electron chi connectivity index (χ2n) is 5.42. The van der Waals surface area contributed by atoms with Crippen LogP contribution in [-0.4, -0.2) is 36.2 Å². The predicted molar refractivity (Wildman–Crippen MR) is 80.3 cm³/mol. The first kappa shape index (κ1) is 15.4. The average Bonchev–Trinajstić information content (AvgIpc) is 2.36. The zero-order valence-electron chi connectivity index (χ0n) is 11.6. The van der Waals surface area contributed by atoms with E-state index in [1.807, 2.05) is 19.9 Å². The molecule has 4 nitrogen and oxygen atoms in total. The number of ether oxygens (including phenoxy) is 1. The molecule has 1 saturated heterocycles. The van der Waals surface area contributed by atoms with Gasteiger partial charge in [0.1, 0.15) is 0 Å². The Balaban J connectivity index is 1.92. The number of hydrogen-bond acceptors (Lipinski definition) is 2. The fraction of sp³-hybridized carbons (Fsp3) is 0.500. The largest absolute Gasteiger partial charge is 0.372 e. The number of urea groups is 1. The van der Waals surface area contributed by atoms with Gasteiger partial charge in [-0.1, -0.05) is 29.3 Å². The second-order valence-corrected chi connectivity index (χ2v) is 6.27. The number of nitrogens with zero attached hydrogens (tertiary/aromatic N) is 1. The lowest BCUT2D eigenvalue weighted by Gasteiger charge is -2.38. The zero-order chi connectivity index (χ0) is 14.8. The van der Waals surface area contributed by atoms with Gasteiger partial charge in [0.15, 0.2) is 0 Å². The lowest BCUT2D eigenvalue weighted by molar-refractivity contribution is -0.0733. The molecule has 20 heavy (non-hydrogen) atoms. The van der Waals surface area contributed by atoms with E-state index in [0.29, 0.717) is 36.3 Å². The van der Waals surface area contributed by atoms with Gasteiger partial charge in [-0.25, -0.2) is 4.79 Å². The highest BCUT2D eigenvalue weighted by Crippen LogP contribution is 2.21. The number of morpholine rings is 1. The van der Waals surface area contributed by atoms with Gasteiger partial charge < -0.3 is 15.0 Å². The Bertz CT molecular complexity index is 506. The molecule has 0 aliphatic carbocycles. The topological polar surface area (TPSA) is 41.6 Å². The molecule has 110 valence electrons. The summed E-state index contributed by atoms with van der Waals surface area (Å²) >= 11 is 11.9. The maximum atomic E-state index is 12.1.